The zero-order valence-corrected chi connectivity index (χ0v) is 7.84. The molecule has 78 valence electrons. The van der Waals surface area contributed by atoms with Gasteiger partial charge in [0.25, 0.3) is 0 Å². The zero-order valence-electron chi connectivity index (χ0n) is 7.84. The molecule has 0 aliphatic carbocycles. The maximum atomic E-state index is 8.98. The van der Waals surface area contributed by atoms with Crippen LogP contribution in [-0.2, 0) is 4.74 Å². The molecule has 1 aliphatic rings. The molecule has 0 aromatic heterocycles. The van der Waals surface area contributed by atoms with Gasteiger partial charge in [-0.3, -0.25) is 0 Å². The zero-order chi connectivity index (χ0) is 10.0. The van der Waals surface area contributed by atoms with E-state index in [1.165, 1.54) is 0 Å². The highest BCUT2D eigenvalue weighted by atomic mass is 16.7. The Balaban J connectivity index is 2.29. The highest BCUT2D eigenvalue weighted by Gasteiger charge is 2.39. The highest BCUT2D eigenvalue weighted by molar-refractivity contribution is 4.83. The SMILES string of the molecule is CC(C)NC(CC1OC1O)C(O)O. The first-order valence-corrected chi connectivity index (χ1v) is 4.46. The molecule has 0 radical (unpaired) electrons. The summed E-state index contributed by atoms with van der Waals surface area (Å²) in [5.41, 5.74) is 0. The van der Waals surface area contributed by atoms with Gasteiger partial charge in [0.2, 0.25) is 0 Å². The maximum Gasteiger partial charge on any atom is 0.181 e. The number of aliphatic hydroxyl groups is 3. The molecule has 0 saturated carbocycles. The third kappa shape index (κ3) is 3.58. The fourth-order valence-corrected chi connectivity index (χ4v) is 1.26. The van der Waals surface area contributed by atoms with Crippen molar-refractivity contribution < 1.29 is 20.1 Å². The van der Waals surface area contributed by atoms with Crippen molar-refractivity contribution in [3.8, 4) is 0 Å². The van der Waals surface area contributed by atoms with Gasteiger partial charge in [-0.25, -0.2) is 0 Å². The smallest absolute Gasteiger partial charge is 0.181 e. The molecule has 1 fully saturated rings. The molecule has 3 atom stereocenters. The second kappa shape index (κ2) is 4.34. The highest BCUT2D eigenvalue weighted by Crippen LogP contribution is 2.24. The van der Waals surface area contributed by atoms with Crippen molar-refractivity contribution in [1.82, 2.24) is 5.32 Å². The number of hydrogen-bond donors (Lipinski definition) is 4. The van der Waals surface area contributed by atoms with Gasteiger partial charge in [-0.1, -0.05) is 13.8 Å². The average Bonchev–Trinajstić information content (AvgIpc) is 2.64. The van der Waals surface area contributed by atoms with Crippen LogP contribution in [0, 0.1) is 0 Å². The molecule has 13 heavy (non-hydrogen) atoms. The Kier molecular flexibility index (Phi) is 3.63. The predicted octanol–water partition coefficient (Wildman–Crippen LogP) is -1.23. The van der Waals surface area contributed by atoms with Crippen molar-refractivity contribution in [1.29, 1.82) is 0 Å². The minimum atomic E-state index is -1.42. The largest absolute Gasteiger partial charge is 0.367 e. The fraction of sp³-hybridized carbons (Fsp3) is 1.00. The van der Waals surface area contributed by atoms with Crippen molar-refractivity contribution in [2.45, 2.75) is 51.0 Å². The maximum absolute atomic E-state index is 8.98. The molecule has 1 rings (SSSR count). The number of ether oxygens (including phenoxy) is 1. The second-order valence-electron chi connectivity index (χ2n) is 3.64. The summed E-state index contributed by atoms with van der Waals surface area (Å²) in [7, 11) is 0. The van der Waals surface area contributed by atoms with Crippen LogP contribution in [0.5, 0.6) is 0 Å². The van der Waals surface area contributed by atoms with Gasteiger partial charge in [-0.2, -0.15) is 0 Å². The Hall–Kier alpha value is -0.200. The minimum Gasteiger partial charge on any atom is -0.367 e. The number of aliphatic hydroxyl groups excluding tert-OH is 2. The van der Waals surface area contributed by atoms with Crippen molar-refractivity contribution in [2.75, 3.05) is 0 Å². The van der Waals surface area contributed by atoms with Gasteiger partial charge in [0.15, 0.2) is 12.6 Å². The summed E-state index contributed by atoms with van der Waals surface area (Å²) in [4.78, 5) is 0. The fourth-order valence-electron chi connectivity index (χ4n) is 1.26. The monoisotopic (exact) mass is 191 g/mol. The van der Waals surface area contributed by atoms with Gasteiger partial charge in [-0.15, -0.1) is 0 Å². The summed E-state index contributed by atoms with van der Waals surface area (Å²) in [6, 6.07) is -0.273. The van der Waals surface area contributed by atoms with Gasteiger partial charge in [0, 0.05) is 6.04 Å². The lowest BCUT2D eigenvalue weighted by Gasteiger charge is -2.21. The van der Waals surface area contributed by atoms with E-state index in [4.69, 9.17) is 20.1 Å². The number of nitrogens with one attached hydrogen (secondary N) is 1. The van der Waals surface area contributed by atoms with Gasteiger partial charge < -0.3 is 25.4 Å². The number of hydrogen-bond acceptors (Lipinski definition) is 5. The molecule has 5 heteroatoms. The van der Waals surface area contributed by atoms with Crippen LogP contribution >= 0.6 is 0 Å². The van der Waals surface area contributed by atoms with Crippen molar-refractivity contribution in [3.05, 3.63) is 0 Å². The van der Waals surface area contributed by atoms with Crippen LogP contribution in [0.4, 0.5) is 0 Å². The van der Waals surface area contributed by atoms with E-state index in [2.05, 4.69) is 5.32 Å². The summed E-state index contributed by atoms with van der Waals surface area (Å²) in [5, 5.41) is 29.8. The Morgan fingerprint density at radius 1 is 1.38 bits per heavy atom. The molecule has 0 aromatic carbocycles. The lowest BCUT2D eigenvalue weighted by Crippen LogP contribution is -2.44. The standard InChI is InChI=1S/C8H17NO4/c1-4(2)9-5(7(10)11)3-6-8(12)13-6/h4-12H,3H2,1-2H3. The van der Waals surface area contributed by atoms with Crippen LogP contribution < -0.4 is 5.32 Å². The molecule has 0 aromatic rings. The first-order valence-electron chi connectivity index (χ1n) is 4.46. The van der Waals surface area contributed by atoms with Crippen LogP contribution in [0.2, 0.25) is 0 Å². The summed E-state index contributed by atoms with van der Waals surface area (Å²) in [6.07, 6.45) is -1.98. The lowest BCUT2D eigenvalue weighted by atomic mass is 10.1. The minimum absolute atomic E-state index is 0.169. The van der Waals surface area contributed by atoms with E-state index in [9.17, 15) is 0 Å². The molecule has 1 aliphatic heterocycles. The summed E-state index contributed by atoms with van der Waals surface area (Å²) < 4.78 is 4.77. The average molecular weight is 191 g/mol. The van der Waals surface area contributed by atoms with Gasteiger partial charge in [0.1, 0.15) is 6.10 Å². The van der Waals surface area contributed by atoms with Gasteiger partial charge in [-0.05, 0) is 6.42 Å². The molecule has 0 spiro atoms. The van der Waals surface area contributed by atoms with Crippen LogP contribution in [0.1, 0.15) is 20.3 Å². The lowest BCUT2D eigenvalue weighted by molar-refractivity contribution is -0.0717. The number of rotatable bonds is 5. The van der Waals surface area contributed by atoms with Crippen LogP contribution in [0.15, 0.2) is 0 Å². The van der Waals surface area contributed by atoms with Gasteiger partial charge >= 0.3 is 0 Å². The molecule has 5 nitrogen and oxygen atoms in total. The van der Waals surface area contributed by atoms with E-state index in [0.29, 0.717) is 6.42 Å². The Bertz CT molecular complexity index is 162. The molecule has 0 bridgehead atoms. The van der Waals surface area contributed by atoms with E-state index in [-0.39, 0.29) is 12.1 Å². The topological polar surface area (TPSA) is 85.2 Å². The first-order chi connectivity index (χ1) is 6.00. The molecule has 1 saturated heterocycles. The molecular weight excluding hydrogens is 174 g/mol. The molecule has 3 unspecified atom stereocenters. The van der Waals surface area contributed by atoms with E-state index < -0.39 is 18.6 Å². The van der Waals surface area contributed by atoms with Crippen molar-refractivity contribution in [2.24, 2.45) is 0 Å². The molecule has 4 N–H and O–H groups in total. The van der Waals surface area contributed by atoms with Crippen LogP contribution in [0.3, 0.4) is 0 Å². The second-order valence-corrected chi connectivity index (χ2v) is 3.64. The summed E-state index contributed by atoms with van der Waals surface area (Å²) in [5.74, 6) is 0. The normalized spacial score (nSPS) is 29.8. The summed E-state index contributed by atoms with van der Waals surface area (Å²) >= 11 is 0. The van der Waals surface area contributed by atoms with Crippen LogP contribution in [0.25, 0.3) is 0 Å². The number of epoxide rings is 1. The van der Waals surface area contributed by atoms with Gasteiger partial charge in [0.05, 0.1) is 6.04 Å². The molecule has 0 amide bonds. The Labute approximate surface area is 77.3 Å². The Morgan fingerprint density at radius 2 is 1.92 bits per heavy atom. The summed E-state index contributed by atoms with van der Waals surface area (Å²) in [6.45, 7) is 3.83. The van der Waals surface area contributed by atoms with E-state index in [1.807, 2.05) is 13.8 Å². The van der Waals surface area contributed by atoms with Crippen molar-refractivity contribution >= 4 is 0 Å². The van der Waals surface area contributed by atoms with E-state index >= 15 is 0 Å². The first kappa shape index (κ1) is 10.9. The van der Waals surface area contributed by atoms with Crippen LogP contribution in [-0.4, -0.2) is 46.1 Å². The third-order valence-corrected chi connectivity index (χ3v) is 1.95. The predicted molar refractivity (Wildman–Crippen MR) is 45.8 cm³/mol. The molecule has 1 heterocycles. The van der Waals surface area contributed by atoms with Crippen molar-refractivity contribution in [3.63, 3.8) is 0 Å². The van der Waals surface area contributed by atoms with E-state index in [0.717, 1.165) is 0 Å². The Morgan fingerprint density at radius 3 is 2.23 bits per heavy atom. The van der Waals surface area contributed by atoms with E-state index in [1.54, 1.807) is 0 Å². The third-order valence-electron chi connectivity index (χ3n) is 1.95. The quantitative estimate of drug-likeness (QED) is 0.323. The molecular formula is C8H17NO4.